The Morgan fingerprint density at radius 2 is 1.50 bits per heavy atom. The number of anilines is 2. The molecule has 0 aromatic heterocycles. The van der Waals surface area contributed by atoms with Crippen LogP contribution in [0.5, 0.6) is 0 Å². The van der Waals surface area contributed by atoms with Crippen molar-refractivity contribution in [3.8, 4) is 6.07 Å². The van der Waals surface area contributed by atoms with Gasteiger partial charge < -0.3 is 16.4 Å². The van der Waals surface area contributed by atoms with Gasteiger partial charge in [0, 0.05) is 11.4 Å². The van der Waals surface area contributed by atoms with Gasteiger partial charge in [-0.15, -0.1) is 0 Å². The number of nitrogens with zero attached hydrogens (tertiary/aromatic N) is 1. The number of benzene rings is 3. The monoisotopic (exact) mass is 358 g/mol. The zero-order valence-electron chi connectivity index (χ0n) is 14.0. The van der Waals surface area contributed by atoms with Gasteiger partial charge in [-0.3, -0.25) is 0 Å². The fraction of sp³-hybridized carbons (Fsp3) is 0.0476. The highest BCUT2D eigenvalue weighted by Crippen LogP contribution is 2.23. The van der Waals surface area contributed by atoms with E-state index in [9.17, 15) is 0 Å². The molecule has 1 atom stereocenters. The van der Waals surface area contributed by atoms with Crippen molar-refractivity contribution in [1.82, 2.24) is 5.32 Å². The van der Waals surface area contributed by atoms with E-state index < -0.39 is 0 Å². The zero-order valence-corrected chi connectivity index (χ0v) is 14.8. The van der Waals surface area contributed by atoms with Crippen molar-refractivity contribution in [2.75, 3.05) is 11.1 Å². The SMILES string of the molecule is N#Cc1ccc(NC(=S)NC(c2ccccc2)c2ccc(N)cc2)cc1. The van der Waals surface area contributed by atoms with E-state index in [0.717, 1.165) is 22.5 Å². The van der Waals surface area contributed by atoms with Gasteiger partial charge in [0.1, 0.15) is 0 Å². The fourth-order valence-electron chi connectivity index (χ4n) is 2.62. The number of nitrogens with one attached hydrogen (secondary N) is 2. The molecule has 0 bridgehead atoms. The highest BCUT2D eigenvalue weighted by molar-refractivity contribution is 7.80. The Morgan fingerprint density at radius 3 is 2.12 bits per heavy atom. The van der Waals surface area contributed by atoms with Crippen molar-refractivity contribution < 1.29 is 0 Å². The molecule has 1 unspecified atom stereocenters. The molecule has 128 valence electrons. The van der Waals surface area contributed by atoms with Crippen LogP contribution in [0, 0.1) is 11.3 Å². The second kappa shape index (κ2) is 8.15. The van der Waals surface area contributed by atoms with Gasteiger partial charge in [0.25, 0.3) is 0 Å². The minimum Gasteiger partial charge on any atom is -0.399 e. The van der Waals surface area contributed by atoms with Crippen LogP contribution in [0.3, 0.4) is 0 Å². The zero-order chi connectivity index (χ0) is 18.4. The van der Waals surface area contributed by atoms with Gasteiger partial charge in [-0.25, -0.2) is 0 Å². The van der Waals surface area contributed by atoms with Crippen LogP contribution >= 0.6 is 12.2 Å². The molecule has 4 N–H and O–H groups in total. The highest BCUT2D eigenvalue weighted by atomic mass is 32.1. The fourth-order valence-corrected chi connectivity index (χ4v) is 2.86. The maximum absolute atomic E-state index is 8.88. The van der Waals surface area contributed by atoms with E-state index >= 15 is 0 Å². The first-order valence-corrected chi connectivity index (χ1v) is 8.54. The van der Waals surface area contributed by atoms with Gasteiger partial charge in [-0.1, -0.05) is 42.5 Å². The molecule has 0 aliphatic carbocycles. The molecular weight excluding hydrogens is 340 g/mol. The second-order valence-corrected chi connectivity index (χ2v) is 6.21. The standard InChI is InChI=1S/C21H18N4S/c22-14-15-6-12-19(13-7-15)24-21(26)25-20(16-4-2-1-3-5-16)17-8-10-18(23)11-9-17/h1-13,20H,23H2,(H2,24,25,26). The Balaban J connectivity index is 1.79. The summed E-state index contributed by atoms with van der Waals surface area (Å²) in [6.45, 7) is 0. The molecule has 0 amide bonds. The molecule has 3 rings (SSSR count). The number of hydrogen-bond acceptors (Lipinski definition) is 3. The summed E-state index contributed by atoms with van der Waals surface area (Å²) in [5.41, 5.74) is 10.1. The van der Waals surface area contributed by atoms with Gasteiger partial charge >= 0.3 is 0 Å². The minimum atomic E-state index is -0.102. The van der Waals surface area contributed by atoms with E-state index in [2.05, 4.69) is 28.8 Å². The summed E-state index contributed by atoms with van der Waals surface area (Å²) in [5, 5.41) is 15.9. The predicted octanol–water partition coefficient (Wildman–Crippen LogP) is 4.22. The van der Waals surface area contributed by atoms with Crippen LogP contribution in [0.4, 0.5) is 11.4 Å². The molecule has 0 aliphatic heterocycles. The van der Waals surface area contributed by atoms with Crippen LogP contribution in [0.25, 0.3) is 0 Å². The molecule has 0 saturated carbocycles. The number of hydrogen-bond donors (Lipinski definition) is 3. The third-order valence-electron chi connectivity index (χ3n) is 3.95. The molecule has 3 aromatic carbocycles. The lowest BCUT2D eigenvalue weighted by Crippen LogP contribution is -2.33. The molecule has 26 heavy (non-hydrogen) atoms. The maximum Gasteiger partial charge on any atom is 0.171 e. The highest BCUT2D eigenvalue weighted by Gasteiger charge is 2.15. The number of thiocarbonyl (C=S) groups is 1. The predicted molar refractivity (Wildman–Crippen MR) is 110 cm³/mol. The van der Waals surface area contributed by atoms with Crippen molar-refractivity contribution >= 4 is 28.7 Å². The average Bonchev–Trinajstić information content (AvgIpc) is 2.68. The first-order valence-electron chi connectivity index (χ1n) is 8.14. The summed E-state index contributed by atoms with van der Waals surface area (Å²) in [6.07, 6.45) is 0. The van der Waals surface area contributed by atoms with E-state index in [1.165, 1.54) is 0 Å². The van der Waals surface area contributed by atoms with Gasteiger partial charge in [0.2, 0.25) is 0 Å². The van der Waals surface area contributed by atoms with Crippen LogP contribution in [0.2, 0.25) is 0 Å². The maximum atomic E-state index is 8.88. The average molecular weight is 358 g/mol. The topological polar surface area (TPSA) is 73.9 Å². The molecule has 0 spiro atoms. The second-order valence-electron chi connectivity index (χ2n) is 5.80. The molecular formula is C21H18N4S. The lowest BCUT2D eigenvalue weighted by Gasteiger charge is -2.22. The summed E-state index contributed by atoms with van der Waals surface area (Å²) in [6, 6.07) is 27.0. The van der Waals surface area contributed by atoms with Crippen molar-refractivity contribution in [2.45, 2.75) is 6.04 Å². The van der Waals surface area contributed by atoms with Crippen LogP contribution in [0.15, 0.2) is 78.9 Å². The van der Waals surface area contributed by atoms with Gasteiger partial charge in [0.05, 0.1) is 17.7 Å². The van der Waals surface area contributed by atoms with E-state index in [4.69, 9.17) is 23.2 Å². The smallest absolute Gasteiger partial charge is 0.171 e. The number of nitriles is 1. The third-order valence-corrected chi connectivity index (χ3v) is 4.17. The van der Waals surface area contributed by atoms with Crippen molar-refractivity contribution in [3.05, 3.63) is 95.6 Å². The van der Waals surface area contributed by atoms with Gasteiger partial charge in [-0.2, -0.15) is 5.26 Å². The Kier molecular flexibility index (Phi) is 5.47. The lowest BCUT2D eigenvalue weighted by molar-refractivity contribution is 0.769. The van der Waals surface area contributed by atoms with Crippen LogP contribution < -0.4 is 16.4 Å². The number of rotatable bonds is 4. The first-order chi connectivity index (χ1) is 12.7. The summed E-state index contributed by atoms with van der Waals surface area (Å²) < 4.78 is 0. The van der Waals surface area contributed by atoms with Crippen molar-refractivity contribution in [3.63, 3.8) is 0 Å². The molecule has 5 heteroatoms. The summed E-state index contributed by atoms with van der Waals surface area (Å²) in [5.74, 6) is 0. The summed E-state index contributed by atoms with van der Waals surface area (Å²) >= 11 is 5.49. The lowest BCUT2D eigenvalue weighted by atomic mass is 9.98. The first kappa shape index (κ1) is 17.5. The van der Waals surface area contributed by atoms with Gasteiger partial charge in [0.15, 0.2) is 5.11 Å². The molecule has 0 heterocycles. The Bertz CT molecular complexity index is 913. The molecule has 4 nitrogen and oxygen atoms in total. The van der Waals surface area contributed by atoms with Crippen LogP contribution in [-0.2, 0) is 0 Å². The number of nitrogens with two attached hydrogens (primary N) is 1. The van der Waals surface area contributed by atoms with E-state index in [-0.39, 0.29) is 6.04 Å². The van der Waals surface area contributed by atoms with Crippen LogP contribution in [-0.4, -0.2) is 5.11 Å². The Labute approximate surface area is 158 Å². The largest absolute Gasteiger partial charge is 0.399 e. The van der Waals surface area contributed by atoms with Crippen molar-refractivity contribution in [2.24, 2.45) is 0 Å². The van der Waals surface area contributed by atoms with E-state index in [0.29, 0.717) is 10.7 Å². The summed E-state index contributed by atoms with van der Waals surface area (Å²) in [7, 11) is 0. The Hall–Kier alpha value is -3.36. The van der Waals surface area contributed by atoms with Crippen molar-refractivity contribution in [1.29, 1.82) is 5.26 Å². The molecule has 0 radical (unpaired) electrons. The number of nitrogen functional groups attached to an aromatic ring is 1. The van der Waals surface area contributed by atoms with Gasteiger partial charge in [-0.05, 0) is 59.7 Å². The third kappa shape index (κ3) is 4.38. The minimum absolute atomic E-state index is 0.102. The molecule has 3 aromatic rings. The molecule has 0 saturated heterocycles. The quantitative estimate of drug-likeness (QED) is 0.481. The van der Waals surface area contributed by atoms with E-state index in [1.807, 2.05) is 54.6 Å². The van der Waals surface area contributed by atoms with E-state index in [1.54, 1.807) is 12.1 Å². The summed E-state index contributed by atoms with van der Waals surface area (Å²) in [4.78, 5) is 0. The Morgan fingerprint density at radius 1 is 0.885 bits per heavy atom. The van der Waals surface area contributed by atoms with Crippen LogP contribution in [0.1, 0.15) is 22.7 Å². The molecule has 0 fully saturated rings. The normalized spacial score (nSPS) is 11.2. The molecule has 0 aliphatic rings.